The zero-order valence-electron chi connectivity index (χ0n) is 5.59. The molecule has 1 rings (SSSR count). The largest absolute Gasteiger partial charge is 0.388 e. The van der Waals surface area contributed by atoms with E-state index in [0.29, 0.717) is 0 Å². The van der Waals surface area contributed by atoms with E-state index in [2.05, 4.69) is 6.08 Å². The molecule has 0 amide bonds. The average molecular weight is 123 g/mol. The summed E-state index contributed by atoms with van der Waals surface area (Å²) in [5.74, 6) is 0. The molecule has 1 nitrogen and oxygen atoms in total. The van der Waals surface area contributed by atoms with E-state index < -0.39 is 0 Å². The van der Waals surface area contributed by atoms with Crippen LogP contribution in [-0.4, -0.2) is 11.2 Å². The highest BCUT2D eigenvalue weighted by Crippen LogP contribution is 2.13. The molecule has 0 aromatic carbocycles. The van der Waals surface area contributed by atoms with Crippen LogP contribution < -0.4 is 0 Å². The molecular weight excluding hydrogens is 112 g/mol. The van der Waals surface area contributed by atoms with Crippen molar-refractivity contribution in [2.24, 2.45) is 0 Å². The van der Waals surface area contributed by atoms with Gasteiger partial charge in [-0.05, 0) is 24.5 Å². The number of hydrogen-bond acceptors (Lipinski definition) is 1. The lowest BCUT2D eigenvalue weighted by atomic mass is 10.1. The molecule has 0 aromatic rings. The molecule has 0 heterocycles. The number of rotatable bonds is 2. The van der Waals surface area contributed by atoms with E-state index in [4.69, 9.17) is 0 Å². The Morgan fingerprint density at radius 2 is 2.67 bits per heavy atom. The van der Waals surface area contributed by atoms with Crippen LogP contribution in [0.15, 0.2) is 17.7 Å². The Morgan fingerprint density at radius 1 is 1.89 bits per heavy atom. The normalized spacial score (nSPS) is 20.0. The first-order valence-electron chi connectivity index (χ1n) is 3.30. The summed E-state index contributed by atoms with van der Waals surface area (Å²) in [7, 11) is 0. The minimum atomic E-state index is -0.288. The minimum absolute atomic E-state index is 0.288. The van der Waals surface area contributed by atoms with E-state index in [9.17, 15) is 5.11 Å². The molecule has 1 aliphatic rings. The van der Waals surface area contributed by atoms with Crippen LogP contribution in [0, 0.1) is 6.08 Å². The van der Waals surface area contributed by atoms with Gasteiger partial charge >= 0.3 is 0 Å². The van der Waals surface area contributed by atoms with Gasteiger partial charge in [0, 0.05) is 0 Å². The van der Waals surface area contributed by atoms with Crippen LogP contribution in [0.1, 0.15) is 19.8 Å². The van der Waals surface area contributed by atoms with Crippen molar-refractivity contribution >= 4 is 0 Å². The third-order valence-corrected chi connectivity index (χ3v) is 1.47. The maximum Gasteiger partial charge on any atom is 0.0790 e. The number of allylic oxidation sites excluding steroid dienone is 2. The Hall–Kier alpha value is -0.560. The van der Waals surface area contributed by atoms with Gasteiger partial charge in [-0.3, -0.25) is 0 Å². The van der Waals surface area contributed by atoms with Crippen LogP contribution in [0.5, 0.6) is 0 Å². The van der Waals surface area contributed by atoms with Gasteiger partial charge in [-0.2, -0.15) is 0 Å². The Bertz CT molecular complexity index is 145. The first-order valence-corrected chi connectivity index (χ1v) is 3.30. The second-order valence-corrected chi connectivity index (χ2v) is 2.16. The van der Waals surface area contributed by atoms with Gasteiger partial charge in [0.25, 0.3) is 0 Å². The summed E-state index contributed by atoms with van der Waals surface area (Å²) in [5, 5.41) is 9.21. The zero-order chi connectivity index (χ0) is 6.69. The summed E-state index contributed by atoms with van der Waals surface area (Å²) >= 11 is 0. The molecule has 0 saturated carbocycles. The average Bonchev–Trinajstić information content (AvgIpc) is 2.37. The Labute approximate surface area is 55.7 Å². The summed E-state index contributed by atoms with van der Waals surface area (Å²) in [6.07, 6.45) is 8.37. The monoisotopic (exact) mass is 123 g/mol. The molecule has 1 radical (unpaired) electrons. The molecule has 1 heteroatoms. The van der Waals surface area contributed by atoms with Crippen molar-refractivity contribution < 1.29 is 5.11 Å². The van der Waals surface area contributed by atoms with E-state index in [1.54, 1.807) is 0 Å². The lowest BCUT2D eigenvalue weighted by Crippen LogP contribution is -2.05. The second-order valence-electron chi connectivity index (χ2n) is 2.16. The first kappa shape index (κ1) is 6.56. The molecule has 49 valence electrons. The molecule has 0 spiro atoms. The highest BCUT2D eigenvalue weighted by Gasteiger charge is 2.06. The van der Waals surface area contributed by atoms with Crippen molar-refractivity contribution in [3.63, 3.8) is 0 Å². The number of hydrogen-bond donors (Lipinski definition) is 1. The Balaban J connectivity index is 2.51. The van der Waals surface area contributed by atoms with Gasteiger partial charge < -0.3 is 5.11 Å². The SMILES string of the molecule is CCC(O)C1=[C]CC=C1. The van der Waals surface area contributed by atoms with Gasteiger partial charge in [-0.15, -0.1) is 0 Å². The lowest BCUT2D eigenvalue weighted by Gasteiger charge is -2.04. The topological polar surface area (TPSA) is 20.2 Å². The molecule has 0 aliphatic heterocycles. The van der Waals surface area contributed by atoms with Crippen LogP contribution in [0.2, 0.25) is 0 Å². The summed E-state index contributed by atoms with van der Waals surface area (Å²) in [6, 6.07) is 0. The highest BCUT2D eigenvalue weighted by atomic mass is 16.3. The van der Waals surface area contributed by atoms with Crippen LogP contribution >= 0.6 is 0 Å². The predicted octanol–water partition coefficient (Wildman–Crippen LogP) is 1.45. The molecule has 1 atom stereocenters. The number of aliphatic hydroxyl groups is 1. The van der Waals surface area contributed by atoms with Gasteiger partial charge in [0.1, 0.15) is 0 Å². The van der Waals surface area contributed by atoms with Crippen molar-refractivity contribution in [2.75, 3.05) is 0 Å². The van der Waals surface area contributed by atoms with Gasteiger partial charge in [0.15, 0.2) is 0 Å². The standard InChI is InChI=1S/C8H11O/c1-2-8(9)7-5-3-4-6-7/h3,5,8-9H,2,4H2,1H3. The minimum Gasteiger partial charge on any atom is -0.388 e. The molecule has 0 aromatic heterocycles. The summed E-state index contributed by atoms with van der Waals surface area (Å²) in [4.78, 5) is 0. The lowest BCUT2D eigenvalue weighted by molar-refractivity contribution is 0.210. The van der Waals surface area contributed by atoms with E-state index in [0.717, 1.165) is 18.4 Å². The van der Waals surface area contributed by atoms with Crippen molar-refractivity contribution in [3.05, 3.63) is 23.8 Å². The van der Waals surface area contributed by atoms with Crippen molar-refractivity contribution in [1.82, 2.24) is 0 Å². The quantitative estimate of drug-likeness (QED) is 0.589. The third kappa shape index (κ3) is 1.42. The van der Waals surface area contributed by atoms with Gasteiger partial charge in [-0.1, -0.05) is 19.1 Å². The van der Waals surface area contributed by atoms with Crippen LogP contribution in [0.4, 0.5) is 0 Å². The fraction of sp³-hybridized carbons (Fsp3) is 0.500. The first-order chi connectivity index (χ1) is 4.34. The molecule has 0 fully saturated rings. The van der Waals surface area contributed by atoms with Crippen molar-refractivity contribution in [3.8, 4) is 0 Å². The highest BCUT2D eigenvalue weighted by molar-refractivity contribution is 5.25. The van der Waals surface area contributed by atoms with E-state index in [1.807, 2.05) is 19.1 Å². The summed E-state index contributed by atoms with van der Waals surface area (Å²) in [6.45, 7) is 1.96. The van der Waals surface area contributed by atoms with Crippen molar-refractivity contribution in [2.45, 2.75) is 25.9 Å². The predicted molar refractivity (Wildman–Crippen MR) is 36.8 cm³/mol. The zero-order valence-corrected chi connectivity index (χ0v) is 5.59. The molecule has 0 saturated heterocycles. The molecule has 9 heavy (non-hydrogen) atoms. The summed E-state index contributed by atoms with van der Waals surface area (Å²) in [5.41, 5.74) is 0.956. The van der Waals surface area contributed by atoms with E-state index >= 15 is 0 Å². The van der Waals surface area contributed by atoms with Crippen LogP contribution in [0.25, 0.3) is 0 Å². The van der Waals surface area contributed by atoms with Gasteiger partial charge in [0.05, 0.1) is 6.10 Å². The molecular formula is C8H11O. The van der Waals surface area contributed by atoms with Crippen LogP contribution in [-0.2, 0) is 0 Å². The van der Waals surface area contributed by atoms with E-state index in [-0.39, 0.29) is 6.10 Å². The molecule has 1 N–H and O–H groups in total. The molecule has 1 aliphatic carbocycles. The fourth-order valence-electron chi connectivity index (χ4n) is 0.870. The Morgan fingerprint density at radius 3 is 3.11 bits per heavy atom. The third-order valence-electron chi connectivity index (χ3n) is 1.47. The van der Waals surface area contributed by atoms with Crippen molar-refractivity contribution in [1.29, 1.82) is 0 Å². The Kier molecular flexibility index (Phi) is 2.06. The maximum atomic E-state index is 9.21. The fourth-order valence-corrected chi connectivity index (χ4v) is 0.870. The van der Waals surface area contributed by atoms with Crippen LogP contribution in [0.3, 0.4) is 0 Å². The molecule has 0 bridgehead atoms. The van der Waals surface area contributed by atoms with Gasteiger partial charge in [-0.25, -0.2) is 0 Å². The van der Waals surface area contributed by atoms with Gasteiger partial charge in [0.2, 0.25) is 0 Å². The molecule has 1 unspecified atom stereocenters. The smallest absolute Gasteiger partial charge is 0.0790 e. The number of aliphatic hydroxyl groups excluding tert-OH is 1. The summed E-state index contributed by atoms with van der Waals surface area (Å²) < 4.78 is 0. The maximum absolute atomic E-state index is 9.21. The second kappa shape index (κ2) is 2.83. The van der Waals surface area contributed by atoms with E-state index in [1.165, 1.54) is 0 Å².